The summed E-state index contributed by atoms with van der Waals surface area (Å²) in [5.74, 6) is -1.02. The highest BCUT2D eigenvalue weighted by atomic mass is 32.2. The van der Waals surface area contributed by atoms with E-state index >= 15 is 0 Å². The van der Waals surface area contributed by atoms with Crippen molar-refractivity contribution in [3.8, 4) is 5.75 Å². The number of aliphatic carboxylic acids is 1. The molecular formula is C17H16NO4S2-. The first kappa shape index (κ1) is 18.2. The number of hydrogen-bond acceptors (Lipinski definition) is 6. The maximum Gasteiger partial charge on any atom is 0.266 e. The van der Waals surface area contributed by atoms with Gasteiger partial charge in [0.15, 0.2) is 0 Å². The maximum absolute atomic E-state index is 12.5. The fourth-order valence-corrected chi connectivity index (χ4v) is 3.53. The Kier molecular flexibility index (Phi) is 6.16. The molecule has 1 aliphatic heterocycles. The largest absolute Gasteiger partial charge is 0.548 e. The van der Waals surface area contributed by atoms with Gasteiger partial charge in [-0.05, 0) is 30.2 Å². The van der Waals surface area contributed by atoms with Crippen LogP contribution in [0.2, 0.25) is 0 Å². The molecule has 0 saturated carbocycles. The van der Waals surface area contributed by atoms with E-state index in [0.29, 0.717) is 17.3 Å². The molecule has 2 rings (SSSR count). The van der Waals surface area contributed by atoms with Crippen molar-refractivity contribution in [3.63, 3.8) is 0 Å². The molecule has 0 spiro atoms. The fourth-order valence-electron chi connectivity index (χ4n) is 2.17. The van der Waals surface area contributed by atoms with E-state index in [1.807, 2.05) is 0 Å². The number of thiocarbonyl (C=S) groups is 1. The topological polar surface area (TPSA) is 69.7 Å². The summed E-state index contributed by atoms with van der Waals surface area (Å²) in [5, 5.41) is 11.2. The molecule has 24 heavy (non-hydrogen) atoms. The van der Waals surface area contributed by atoms with E-state index in [0.717, 1.165) is 22.2 Å². The first-order valence-electron chi connectivity index (χ1n) is 7.29. The van der Waals surface area contributed by atoms with E-state index in [1.54, 1.807) is 43.3 Å². The van der Waals surface area contributed by atoms with E-state index < -0.39 is 17.9 Å². The third kappa shape index (κ3) is 4.04. The average Bonchev–Trinajstić information content (AvgIpc) is 2.82. The van der Waals surface area contributed by atoms with Gasteiger partial charge in [0.25, 0.3) is 5.91 Å². The molecule has 126 valence electrons. The minimum atomic E-state index is -1.31. The van der Waals surface area contributed by atoms with E-state index in [9.17, 15) is 14.7 Å². The highest BCUT2D eigenvalue weighted by Gasteiger charge is 2.36. The van der Waals surface area contributed by atoms with Crippen molar-refractivity contribution in [1.29, 1.82) is 0 Å². The SMILES string of the molecule is C=CCOc1ccc(/C=C2\SC(=S)N([C@H](CC)C(=O)[O-])C2=O)cc1. The second-order valence-electron chi connectivity index (χ2n) is 4.96. The van der Waals surface area contributed by atoms with Crippen LogP contribution in [0.1, 0.15) is 18.9 Å². The van der Waals surface area contributed by atoms with Crippen LogP contribution >= 0.6 is 24.0 Å². The summed E-state index contributed by atoms with van der Waals surface area (Å²) in [4.78, 5) is 25.1. The van der Waals surface area contributed by atoms with Crippen molar-refractivity contribution in [2.45, 2.75) is 19.4 Å². The number of carbonyl (C=O) groups is 2. The predicted octanol–water partition coefficient (Wildman–Crippen LogP) is 1.98. The van der Waals surface area contributed by atoms with Crippen molar-refractivity contribution in [2.24, 2.45) is 0 Å². The summed E-state index contributed by atoms with van der Waals surface area (Å²) in [5.41, 5.74) is 0.794. The van der Waals surface area contributed by atoms with Gasteiger partial charge in [-0.15, -0.1) is 0 Å². The number of carbonyl (C=O) groups excluding carboxylic acids is 2. The van der Waals surface area contributed by atoms with Gasteiger partial charge in [0.2, 0.25) is 0 Å². The number of thioether (sulfide) groups is 1. The Hall–Kier alpha value is -2.12. The Labute approximate surface area is 150 Å². The Morgan fingerprint density at radius 1 is 1.46 bits per heavy atom. The Morgan fingerprint density at radius 3 is 2.67 bits per heavy atom. The lowest BCUT2D eigenvalue weighted by atomic mass is 10.1. The number of rotatable bonds is 7. The van der Waals surface area contributed by atoms with Gasteiger partial charge in [-0.25, -0.2) is 0 Å². The van der Waals surface area contributed by atoms with Gasteiger partial charge in [-0.3, -0.25) is 9.69 Å². The first-order chi connectivity index (χ1) is 11.5. The molecule has 5 nitrogen and oxygen atoms in total. The standard InChI is InChI=1S/C17H17NO4S2/c1-3-9-22-12-7-5-11(6-8-12)10-14-15(19)18(17(23)24-14)13(4-2)16(20)21/h3,5-8,10,13H,1,4,9H2,2H3,(H,20,21)/p-1/b14-10-/t13-/m1/s1. The van der Waals surface area contributed by atoms with Crippen LogP contribution in [0.25, 0.3) is 6.08 Å². The summed E-state index contributed by atoms with van der Waals surface area (Å²) in [6.07, 6.45) is 3.57. The number of carboxylic acid groups (broad SMARTS) is 1. The predicted molar refractivity (Wildman–Crippen MR) is 96.2 cm³/mol. The van der Waals surface area contributed by atoms with Crippen LogP contribution in [0.15, 0.2) is 41.8 Å². The summed E-state index contributed by atoms with van der Waals surface area (Å²) in [7, 11) is 0. The molecule has 1 amide bonds. The Balaban J connectivity index is 2.19. The van der Waals surface area contributed by atoms with Crippen LogP contribution in [-0.2, 0) is 9.59 Å². The summed E-state index contributed by atoms with van der Waals surface area (Å²) in [6.45, 7) is 5.67. The van der Waals surface area contributed by atoms with Crippen LogP contribution in [0.3, 0.4) is 0 Å². The first-order valence-corrected chi connectivity index (χ1v) is 8.52. The third-order valence-corrected chi connectivity index (χ3v) is 4.67. The van der Waals surface area contributed by atoms with Crippen molar-refractivity contribution in [3.05, 3.63) is 47.4 Å². The number of amides is 1. The minimum absolute atomic E-state index is 0.230. The van der Waals surface area contributed by atoms with Crippen LogP contribution in [0, 0.1) is 0 Å². The monoisotopic (exact) mass is 362 g/mol. The lowest BCUT2D eigenvalue weighted by Gasteiger charge is -2.26. The number of benzene rings is 1. The lowest BCUT2D eigenvalue weighted by Crippen LogP contribution is -2.49. The Morgan fingerprint density at radius 2 is 2.12 bits per heavy atom. The molecule has 1 aromatic rings. The molecule has 1 aromatic carbocycles. The number of nitrogens with zero attached hydrogens (tertiary/aromatic N) is 1. The second kappa shape index (κ2) is 8.12. The van der Waals surface area contributed by atoms with E-state index in [2.05, 4.69) is 6.58 Å². The molecule has 1 fully saturated rings. The molecule has 1 aliphatic rings. The van der Waals surface area contributed by atoms with Crippen molar-refractivity contribution in [1.82, 2.24) is 4.90 Å². The van der Waals surface area contributed by atoms with Gasteiger partial charge in [0, 0.05) is 0 Å². The smallest absolute Gasteiger partial charge is 0.266 e. The Bertz CT molecular complexity index is 697. The zero-order valence-electron chi connectivity index (χ0n) is 13.1. The van der Waals surface area contributed by atoms with Gasteiger partial charge >= 0.3 is 0 Å². The highest BCUT2D eigenvalue weighted by Crippen LogP contribution is 2.34. The van der Waals surface area contributed by atoms with E-state index in [1.165, 1.54) is 0 Å². The van der Waals surface area contributed by atoms with Gasteiger partial charge in [-0.2, -0.15) is 0 Å². The molecule has 0 radical (unpaired) electrons. The minimum Gasteiger partial charge on any atom is -0.548 e. The average molecular weight is 362 g/mol. The summed E-state index contributed by atoms with van der Waals surface area (Å²) < 4.78 is 5.63. The summed E-state index contributed by atoms with van der Waals surface area (Å²) in [6, 6.07) is 6.14. The number of hydrogen-bond donors (Lipinski definition) is 0. The zero-order chi connectivity index (χ0) is 17.7. The molecule has 1 saturated heterocycles. The van der Waals surface area contributed by atoms with Crippen LogP contribution in [-0.4, -0.2) is 33.7 Å². The normalized spacial score (nSPS) is 17.2. The van der Waals surface area contributed by atoms with Gasteiger partial charge in [-0.1, -0.05) is 55.7 Å². The molecule has 0 aliphatic carbocycles. The van der Waals surface area contributed by atoms with E-state index in [-0.39, 0.29) is 10.7 Å². The fraction of sp³-hybridized carbons (Fsp3) is 0.235. The molecule has 0 N–H and O–H groups in total. The zero-order valence-corrected chi connectivity index (χ0v) is 14.7. The van der Waals surface area contributed by atoms with E-state index in [4.69, 9.17) is 17.0 Å². The van der Waals surface area contributed by atoms with Crippen molar-refractivity contribution in [2.75, 3.05) is 6.61 Å². The molecular weight excluding hydrogens is 346 g/mol. The number of carboxylic acids is 1. The van der Waals surface area contributed by atoms with Gasteiger partial charge in [0.1, 0.15) is 16.7 Å². The molecule has 1 heterocycles. The quantitative estimate of drug-likeness (QED) is 0.420. The highest BCUT2D eigenvalue weighted by molar-refractivity contribution is 8.26. The van der Waals surface area contributed by atoms with Crippen molar-refractivity contribution < 1.29 is 19.4 Å². The summed E-state index contributed by atoms with van der Waals surface area (Å²) >= 11 is 6.24. The second-order valence-corrected chi connectivity index (χ2v) is 6.64. The van der Waals surface area contributed by atoms with Crippen LogP contribution < -0.4 is 9.84 Å². The molecule has 0 unspecified atom stereocenters. The molecule has 7 heteroatoms. The third-order valence-electron chi connectivity index (χ3n) is 3.34. The van der Waals surface area contributed by atoms with Crippen LogP contribution in [0.4, 0.5) is 0 Å². The van der Waals surface area contributed by atoms with Crippen molar-refractivity contribution >= 4 is 46.3 Å². The lowest BCUT2D eigenvalue weighted by molar-refractivity contribution is -0.310. The molecule has 0 bridgehead atoms. The van der Waals surface area contributed by atoms with Gasteiger partial charge in [0.05, 0.1) is 16.9 Å². The number of ether oxygens (including phenoxy) is 1. The molecule has 1 atom stereocenters. The maximum atomic E-state index is 12.5. The van der Waals surface area contributed by atoms with Gasteiger partial charge < -0.3 is 14.6 Å². The van der Waals surface area contributed by atoms with Crippen LogP contribution in [0.5, 0.6) is 5.75 Å². The molecule has 0 aromatic heterocycles.